The Balaban J connectivity index is 2.02. The van der Waals surface area contributed by atoms with Crippen molar-refractivity contribution in [2.75, 3.05) is 4.90 Å². The number of benzene rings is 1. The maximum atomic E-state index is 13.1. The van der Waals surface area contributed by atoms with Gasteiger partial charge in [-0.15, -0.1) is 0 Å². The molecule has 1 aromatic carbocycles. The highest BCUT2D eigenvalue weighted by Crippen LogP contribution is 2.27. The van der Waals surface area contributed by atoms with E-state index in [2.05, 4.69) is 19.2 Å². The van der Waals surface area contributed by atoms with E-state index in [9.17, 15) is 9.59 Å². The summed E-state index contributed by atoms with van der Waals surface area (Å²) < 4.78 is 2.02. The van der Waals surface area contributed by atoms with E-state index < -0.39 is 11.8 Å². The van der Waals surface area contributed by atoms with Crippen LogP contribution in [-0.4, -0.2) is 21.5 Å². The van der Waals surface area contributed by atoms with Gasteiger partial charge in [-0.05, 0) is 74.8 Å². The summed E-state index contributed by atoms with van der Waals surface area (Å²) >= 11 is 5.26. The zero-order valence-corrected chi connectivity index (χ0v) is 16.1. The summed E-state index contributed by atoms with van der Waals surface area (Å²) in [7, 11) is 0. The first-order chi connectivity index (χ1) is 12.3. The number of aryl methyl sites for hydroxylation is 1. The number of carbonyl (C=O) groups excluding carboxylic acids is 2. The highest BCUT2D eigenvalue weighted by atomic mass is 32.1. The maximum absolute atomic E-state index is 13.1. The number of carbonyl (C=O) groups is 2. The molecule has 6 heteroatoms. The summed E-state index contributed by atoms with van der Waals surface area (Å²) in [5.41, 5.74) is 3.55. The molecule has 0 atom stereocenters. The average Bonchev–Trinajstić information content (AvgIpc) is 3.04. The summed E-state index contributed by atoms with van der Waals surface area (Å²) in [4.78, 5) is 26.8. The van der Waals surface area contributed by atoms with Gasteiger partial charge in [0.05, 0.1) is 5.69 Å². The second-order valence-electron chi connectivity index (χ2n) is 6.66. The fourth-order valence-corrected chi connectivity index (χ4v) is 3.13. The van der Waals surface area contributed by atoms with Crippen LogP contribution in [-0.2, 0) is 9.59 Å². The third-order valence-corrected chi connectivity index (χ3v) is 4.85. The number of aromatic nitrogens is 1. The molecule has 0 aliphatic carbocycles. The van der Waals surface area contributed by atoms with Crippen LogP contribution in [0.5, 0.6) is 0 Å². The monoisotopic (exact) mass is 367 g/mol. The quantitative estimate of drug-likeness (QED) is 0.513. The van der Waals surface area contributed by atoms with Crippen LogP contribution in [0.25, 0.3) is 6.08 Å². The minimum absolute atomic E-state index is 0.0704. The number of amides is 2. The van der Waals surface area contributed by atoms with Gasteiger partial charge in [-0.25, -0.2) is 0 Å². The molecule has 2 aromatic rings. The minimum atomic E-state index is -0.473. The molecular formula is C20H21N3O2S. The molecule has 3 rings (SSSR count). The Morgan fingerprint density at radius 1 is 1.15 bits per heavy atom. The minimum Gasteiger partial charge on any atom is -0.351 e. The lowest BCUT2D eigenvalue weighted by Crippen LogP contribution is -2.54. The molecule has 2 heterocycles. The molecule has 0 radical (unpaired) electrons. The van der Waals surface area contributed by atoms with E-state index in [1.165, 1.54) is 4.90 Å². The molecule has 1 aliphatic rings. The lowest BCUT2D eigenvalue weighted by molar-refractivity contribution is -0.122. The van der Waals surface area contributed by atoms with E-state index in [1.54, 1.807) is 6.08 Å². The SMILES string of the molecule is Cc1cccc(N2C(=O)/C(=C\c3ccn(C(C)C)c3)C(=O)NC2=S)c1C. The topological polar surface area (TPSA) is 54.3 Å². The van der Waals surface area contributed by atoms with E-state index in [0.717, 1.165) is 16.7 Å². The van der Waals surface area contributed by atoms with Crippen molar-refractivity contribution < 1.29 is 9.59 Å². The van der Waals surface area contributed by atoms with E-state index >= 15 is 0 Å². The predicted molar refractivity (Wildman–Crippen MR) is 107 cm³/mol. The molecular weight excluding hydrogens is 346 g/mol. The van der Waals surface area contributed by atoms with Gasteiger partial charge < -0.3 is 4.57 Å². The van der Waals surface area contributed by atoms with Gasteiger partial charge in [0, 0.05) is 18.4 Å². The number of hydrogen-bond donors (Lipinski definition) is 1. The Morgan fingerprint density at radius 3 is 2.54 bits per heavy atom. The predicted octanol–water partition coefficient (Wildman–Crippen LogP) is 3.52. The molecule has 0 unspecified atom stereocenters. The van der Waals surface area contributed by atoms with Gasteiger partial charge in [-0.3, -0.25) is 19.8 Å². The Bertz CT molecular complexity index is 940. The van der Waals surface area contributed by atoms with Crippen LogP contribution in [0.1, 0.15) is 36.6 Å². The van der Waals surface area contributed by atoms with E-state index in [1.807, 2.05) is 55.1 Å². The van der Waals surface area contributed by atoms with Gasteiger partial charge >= 0.3 is 0 Å². The lowest BCUT2D eigenvalue weighted by atomic mass is 10.0. The van der Waals surface area contributed by atoms with Gasteiger partial charge in [0.1, 0.15) is 5.57 Å². The standard InChI is InChI=1S/C20H21N3O2S/c1-12(2)22-9-8-15(11-22)10-16-18(24)21-20(26)23(19(16)25)17-7-5-6-13(3)14(17)4/h5-12H,1-4H3,(H,21,24,26)/b16-10-. The molecule has 0 saturated carbocycles. The van der Waals surface area contributed by atoms with Crippen LogP contribution in [0.4, 0.5) is 5.69 Å². The number of nitrogens with one attached hydrogen (secondary N) is 1. The van der Waals surface area contributed by atoms with E-state index in [-0.39, 0.29) is 10.7 Å². The average molecular weight is 367 g/mol. The van der Waals surface area contributed by atoms with Crippen molar-refractivity contribution in [2.45, 2.75) is 33.7 Å². The Hall–Kier alpha value is -2.73. The summed E-state index contributed by atoms with van der Waals surface area (Å²) in [6, 6.07) is 7.85. The first-order valence-corrected chi connectivity index (χ1v) is 8.85. The van der Waals surface area contributed by atoms with Crippen molar-refractivity contribution >= 4 is 40.9 Å². The molecule has 0 spiro atoms. The fourth-order valence-electron chi connectivity index (χ4n) is 2.86. The number of thiocarbonyl (C=S) groups is 1. The molecule has 1 N–H and O–H groups in total. The van der Waals surface area contributed by atoms with Gasteiger partial charge in [-0.2, -0.15) is 0 Å². The van der Waals surface area contributed by atoms with Crippen LogP contribution >= 0.6 is 12.2 Å². The van der Waals surface area contributed by atoms with Crippen molar-refractivity contribution in [3.63, 3.8) is 0 Å². The zero-order valence-electron chi connectivity index (χ0n) is 15.2. The molecule has 1 aliphatic heterocycles. The third kappa shape index (κ3) is 3.20. The second-order valence-corrected chi connectivity index (χ2v) is 7.05. The molecule has 1 aromatic heterocycles. The fraction of sp³-hybridized carbons (Fsp3) is 0.250. The summed E-state index contributed by atoms with van der Waals surface area (Å²) in [6.45, 7) is 8.04. The normalized spacial score (nSPS) is 16.6. The Labute approximate surface area is 158 Å². The second kappa shape index (κ2) is 6.88. The van der Waals surface area contributed by atoms with Crippen LogP contribution in [0, 0.1) is 13.8 Å². The van der Waals surface area contributed by atoms with Crippen LogP contribution < -0.4 is 10.2 Å². The van der Waals surface area contributed by atoms with Gasteiger partial charge in [0.15, 0.2) is 5.11 Å². The van der Waals surface area contributed by atoms with Gasteiger partial charge in [0.2, 0.25) is 0 Å². The Morgan fingerprint density at radius 2 is 1.88 bits per heavy atom. The lowest BCUT2D eigenvalue weighted by Gasteiger charge is -2.30. The number of nitrogens with zero attached hydrogens (tertiary/aromatic N) is 2. The van der Waals surface area contributed by atoms with Crippen molar-refractivity contribution in [2.24, 2.45) is 0 Å². The highest BCUT2D eigenvalue weighted by molar-refractivity contribution is 7.80. The van der Waals surface area contributed by atoms with Crippen LogP contribution in [0.2, 0.25) is 0 Å². The third-order valence-electron chi connectivity index (χ3n) is 4.56. The molecule has 1 saturated heterocycles. The molecule has 0 bridgehead atoms. The van der Waals surface area contributed by atoms with Crippen LogP contribution in [0.3, 0.4) is 0 Å². The van der Waals surface area contributed by atoms with E-state index in [0.29, 0.717) is 11.7 Å². The Kier molecular flexibility index (Phi) is 4.78. The van der Waals surface area contributed by atoms with Crippen LogP contribution in [0.15, 0.2) is 42.2 Å². The van der Waals surface area contributed by atoms with Crippen molar-refractivity contribution in [1.82, 2.24) is 9.88 Å². The molecule has 2 amide bonds. The molecule has 1 fully saturated rings. The highest BCUT2D eigenvalue weighted by Gasteiger charge is 2.35. The first kappa shape index (κ1) is 18.1. The largest absolute Gasteiger partial charge is 0.351 e. The smallest absolute Gasteiger partial charge is 0.270 e. The molecule has 5 nitrogen and oxygen atoms in total. The maximum Gasteiger partial charge on any atom is 0.270 e. The van der Waals surface area contributed by atoms with Crippen molar-refractivity contribution in [3.05, 3.63) is 58.9 Å². The zero-order chi connectivity index (χ0) is 19.0. The summed E-state index contributed by atoms with van der Waals surface area (Å²) in [6.07, 6.45) is 5.44. The van der Waals surface area contributed by atoms with Crippen molar-refractivity contribution in [1.29, 1.82) is 0 Å². The number of anilines is 1. The number of hydrogen-bond acceptors (Lipinski definition) is 3. The number of rotatable bonds is 3. The van der Waals surface area contributed by atoms with E-state index in [4.69, 9.17) is 12.2 Å². The summed E-state index contributed by atoms with van der Waals surface area (Å²) in [5.74, 6) is -0.886. The van der Waals surface area contributed by atoms with Gasteiger partial charge in [0.25, 0.3) is 11.8 Å². The van der Waals surface area contributed by atoms with Gasteiger partial charge in [-0.1, -0.05) is 12.1 Å². The molecule has 26 heavy (non-hydrogen) atoms. The summed E-state index contributed by atoms with van der Waals surface area (Å²) in [5, 5.41) is 2.73. The molecule has 134 valence electrons. The van der Waals surface area contributed by atoms with Crippen molar-refractivity contribution in [3.8, 4) is 0 Å². The first-order valence-electron chi connectivity index (χ1n) is 8.44.